The molecule has 0 aromatic heterocycles. The van der Waals surface area contributed by atoms with Gasteiger partial charge in [-0.2, -0.15) is 0 Å². The first kappa shape index (κ1) is 8.33. The zero-order chi connectivity index (χ0) is 9.10. The third kappa shape index (κ3) is 1.90. The van der Waals surface area contributed by atoms with Gasteiger partial charge in [0, 0.05) is 11.1 Å². The third-order valence-corrected chi connectivity index (χ3v) is 2.01. The summed E-state index contributed by atoms with van der Waals surface area (Å²) >= 11 is 5.71. The molecule has 2 aromatic carbocycles. The van der Waals surface area contributed by atoms with Crippen molar-refractivity contribution in [1.82, 2.24) is 0 Å². The van der Waals surface area contributed by atoms with Crippen LogP contribution in [0.4, 0.5) is 0 Å². The van der Waals surface area contributed by atoms with Gasteiger partial charge in [-0.1, -0.05) is 41.9 Å². The fourth-order valence-corrected chi connectivity index (χ4v) is 1.26. The molecular formula is C12H7Cl. The molecule has 62 valence electrons. The Morgan fingerprint density at radius 3 is 2.31 bits per heavy atom. The molecule has 0 heterocycles. The summed E-state index contributed by atoms with van der Waals surface area (Å²) in [5.41, 5.74) is 2.15. The van der Waals surface area contributed by atoms with Crippen LogP contribution < -0.4 is 0 Å². The summed E-state index contributed by atoms with van der Waals surface area (Å²) in [6.07, 6.45) is 0. The van der Waals surface area contributed by atoms with E-state index >= 15 is 0 Å². The van der Waals surface area contributed by atoms with Crippen molar-refractivity contribution in [3.8, 4) is 11.1 Å². The van der Waals surface area contributed by atoms with E-state index in [4.69, 9.17) is 11.6 Å². The first-order valence-electron chi connectivity index (χ1n) is 4.00. The molecule has 0 unspecified atom stereocenters. The minimum atomic E-state index is 0.597. The quantitative estimate of drug-likeness (QED) is 0.638. The summed E-state index contributed by atoms with van der Waals surface area (Å²) in [7, 11) is 0. The SMILES string of the molecule is Clc1[c]cc(-c2ccccc2)[c]c1. The Morgan fingerprint density at radius 1 is 0.923 bits per heavy atom. The topological polar surface area (TPSA) is 0 Å². The lowest BCUT2D eigenvalue weighted by Gasteiger charge is -1.99. The standard InChI is InChI=1S/C12H7Cl/c13-12-8-6-11(7-9-12)10-4-2-1-3-5-10/h1-6,9H. The fraction of sp³-hybridized carbons (Fsp3) is 0. The number of hydrogen-bond donors (Lipinski definition) is 0. The van der Waals surface area contributed by atoms with E-state index in [0.29, 0.717) is 5.02 Å². The van der Waals surface area contributed by atoms with E-state index in [2.05, 4.69) is 12.1 Å². The third-order valence-electron chi connectivity index (χ3n) is 1.79. The van der Waals surface area contributed by atoms with Crippen LogP contribution in [-0.4, -0.2) is 0 Å². The maximum absolute atomic E-state index is 5.71. The molecule has 0 N–H and O–H groups in total. The highest BCUT2D eigenvalue weighted by molar-refractivity contribution is 6.30. The van der Waals surface area contributed by atoms with Crippen molar-refractivity contribution in [2.24, 2.45) is 0 Å². The van der Waals surface area contributed by atoms with Crippen LogP contribution in [0.1, 0.15) is 0 Å². The molecule has 0 saturated heterocycles. The van der Waals surface area contributed by atoms with Gasteiger partial charge < -0.3 is 0 Å². The highest BCUT2D eigenvalue weighted by Gasteiger charge is 1.95. The van der Waals surface area contributed by atoms with Gasteiger partial charge in [-0.25, -0.2) is 0 Å². The molecule has 0 nitrogen and oxygen atoms in total. The van der Waals surface area contributed by atoms with E-state index in [1.54, 1.807) is 6.07 Å². The molecule has 0 saturated carbocycles. The average molecular weight is 187 g/mol. The lowest BCUT2D eigenvalue weighted by molar-refractivity contribution is 1.60. The molecule has 0 fully saturated rings. The second-order valence-corrected chi connectivity index (χ2v) is 3.11. The number of hydrogen-bond acceptors (Lipinski definition) is 0. The zero-order valence-corrected chi connectivity index (χ0v) is 7.68. The summed E-state index contributed by atoms with van der Waals surface area (Å²) in [4.78, 5) is 0. The lowest BCUT2D eigenvalue weighted by Crippen LogP contribution is -1.76. The second kappa shape index (κ2) is 3.63. The molecule has 2 radical (unpaired) electrons. The van der Waals surface area contributed by atoms with Crippen molar-refractivity contribution in [2.45, 2.75) is 0 Å². The van der Waals surface area contributed by atoms with Crippen molar-refractivity contribution in [1.29, 1.82) is 0 Å². The van der Waals surface area contributed by atoms with Gasteiger partial charge in [0.15, 0.2) is 0 Å². The monoisotopic (exact) mass is 186 g/mol. The van der Waals surface area contributed by atoms with Gasteiger partial charge in [-0.05, 0) is 29.3 Å². The Labute approximate surface area is 82.8 Å². The van der Waals surface area contributed by atoms with E-state index < -0.39 is 0 Å². The van der Waals surface area contributed by atoms with Gasteiger partial charge in [0.05, 0.1) is 0 Å². The normalized spacial score (nSPS) is 9.92. The predicted molar refractivity (Wildman–Crippen MR) is 54.6 cm³/mol. The molecular weight excluding hydrogens is 180 g/mol. The molecule has 13 heavy (non-hydrogen) atoms. The Balaban J connectivity index is 2.42. The minimum Gasteiger partial charge on any atom is -0.0836 e. The van der Waals surface area contributed by atoms with Crippen LogP contribution in [0.5, 0.6) is 0 Å². The number of benzene rings is 2. The van der Waals surface area contributed by atoms with E-state index in [1.807, 2.05) is 36.4 Å². The van der Waals surface area contributed by atoms with Crippen LogP contribution in [0.15, 0.2) is 42.5 Å². The first-order chi connectivity index (χ1) is 6.36. The van der Waals surface area contributed by atoms with Crippen molar-refractivity contribution in [2.75, 3.05) is 0 Å². The summed E-state index contributed by atoms with van der Waals surface area (Å²) in [5, 5.41) is 0.597. The highest BCUT2D eigenvalue weighted by Crippen LogP contribution is 2.19. The van der Waals surface area contributed by atoms with Crippen LogP contribution in [0.2, 0.25) is 5.02 Å². The van der Waals surface area contributed by atoms with Gasteiger partial charge >= 0.3 is 0 Å². The van der Waals surface area contributed by atoms with Crippen LogP contribution in [-0.2, 0) is 0 Å². The number of rotatable bonds is 1. The molecule has 0 atom stereocenters. The second-order valence-electron chi connectivity index (χ2n) is 2.70. The van der Waals surface area contributed by atoms with Gasteiger partial charge in [0.2, 0.25) is 0 Å². The van der Waals surface area contributed by atoms with Crippen molar-refractivity contribution < 1.29 is 0 Å². The van der Waals surface area contributed by atoms with Gasteiger partial charge in [0.1, 0.15) is 0 Å². The van der Waals surface area contributed by atoms with Gasteiger partial charge in [-0.3, -0.25) is 0 Å². The Hall–Kier alpha value is -1.27. The summed E-state index contributed by atoms with van der Waals surface area (Å²) in [6.45, 7) is 0. The summed E-state index contributed by atoms with van der Waals surface area (Å²) in [5.74, 6) is 0. The van der Waals surface area contributed by atoms with E-state index in [1.165, 1.54) is 0 Å². The molecule has 0 bridgehead atoms. The molecule has 0 aliphatic heterocycles. The van der Waals surface area contributed by atoms with Gasteiger partial charge in [-0.15, -0.1) is 0 Å². The van der Waals surface area contributed by atoms with Gasteiger partial charge in [0.25, 0.3) is 0 Å². The Kier molecular flexibility index (Phi) is 2.33. The maximum atomic E-state index is 5.71. The average Bonchev–Trinajstić information content (AvgIpc) is 2.20. The number of halogens is 1. The summed E-state index contributed by atoms with van der Waals surface area (Å²) < 4.78 is 0. The summed E-state index contributed by atoms with van der Waals surface area (Å²) in [6, 6.07) is 19.6. The van der Waals surface area contributed by atoms with Crippen LogP contribution in [0.25, 0.3) is 11.1 Å². The molecule has 0 spiro atoms. The molecule has 2 rings (SSSR count). The van der Waals surface area contributed by atoms with E-state index in [0.717, 1.165) is 11.1 Å². The molecule has 1 heteroatoms. The molecule has 0 aliphatic rings. The highest BCUT2D eigenvalue weighted by atomic mass is 35.5. The molecule has 2 aromatic rings. The van der Waals surface area contributed by atoms with Crippen molar-refractivity contribution in [3.05, 3.63) is 59.6 Å². The molecule has 0 aliphatic carbocycles. The largest absolute Gasteiger partial charge is 0.0836 e. The fourth-order valence-electron chi connectivity index (χ4n) is 1.15. The van der Waals surface area contributed by atoms with E-state index in [-0.39, 0.29) is 0 Å². The minimum absolute atomic E-state index is 0.597. The smallest absolute Gasteiger partial charge is 0.0491 e. The van der Waals surface area contributed by atoms with Crippen molar-refractivity contribution in [3.63, 3.8) is 0 Å². The van der Waals surface area contributed by atoms with Crippen LogP contribution in [0.3, 0.4) is 0 Å². The van der Waals surface area contributed by atoms with Crippen LogP contribution >= 0.6 is 11.6 Å². The Morgan fingerprint density at radius 2 is 1.69 bits per heavy atom. The van der Waals surface area contributed by atoms with Crippen molar-refractivity contribution >= 4 is 11.6 Å². The predicted octanol–water partition coefficient (Wildman–Crippen LogP) is 3.61. The molecule has 0 amide bonds. The first-order valence-corrected chi connectivity index (χ1v) is 4.38. The van der Waals surface area contributed by atoms with Crippen LogP contribution in [0, 0.1) is 12.1 Å². The zero-order valence-electron chi connectivity index (χ0n) is 6.92. The maximum Gasteiger partial charge on any atom is 0.0491 e. The van der Waals surface area contributed by atoms with E-state index in [9.17, 15) is 0 Å². The lowest BCUT2D eigenvalue weighted by atomic mass is 10.1. The Bertz CT molecular complexity index is 376.